The average Bonchev–Trinajstić information content (AvgIpc) is 2.80. The Labute approximate surface area is 134 Å². The maximum absolute atomic E-state index is 12.6. The largest absolute Gasteiger partial charge is 0.325 e. The van der Waals surface area contributed by atoms with Crippen LogP contribution in [0.25, 0.3) is 0 Å². The Hall–Kier alpha value is -2.44. The summed E-state index contributed by atoms with van der Waals surface area (Å²) in [5, 5.41) is 2.80. The quantitative estimate of drug-likeness (QED) is 0.852. The molecule has 0 bridgehead atoms. The maximum atomic E-state index is 12.6. The fourth-order valence-corrected chi connectivity index (χ4v) is 3.24. The number of carbonyl (C=O) groups is 3. The highest BCUT2D eigenvalue weighted by atomic mass is 16.2. The third kappa shape index (κ3) is 2.78. The molecule has 0 aromatic carbocycles. The van der Waals surface area contributed by atoms with E-state index in [2.05, 4.69) is 10.3 Å². The van der Waals surface area contributed by atoms with Crippen LogP contribution in [0.4, 0.5) is 10.6 Å². The lowest BCUT2D eigenvalue weighted by Gasteiger charge is -2.30. The molecular weight excluding hydrogens is 296 g/mol. The Morgan fingerprint density at radius 3 is 2.70 bits per heavy atom. The van der Waals surface area contributed by atoms with Crippen molar-refractivity contribution in [3.8, 4) is 0 Å². The van der Waals surface area contributed by atoms with Gasteiger partial charge < -0.3 is 5.32 Å². The number of hydrogen-bond donors (Lipinski definition) is 1. The first-order valence-electron chi connectivity index (χ1n) is 7.85. The molecule has 0 atom stereocenters. The molecule has 1 aromatic rings. The zero-order chi connectivity index (χ0) is 16.4. The van der Waals surface area contributed by atoms with Crippen LogP contribution in [-0.2, 0) is 9.59 Å². The number of aromatic nitrogens is 1. The molecule has 7 nitrogen and oxygen atoms in total. The lowest BCUT2D eigenvalue weighted by Crippen LogP contribution is -2.49. The van der Waals surface area contributed by atoms with Crippen molar-refractivity contribution < 1.29 is 14.4 Å². The van der Waals surface area contributed by atoms with E-state index in [1.807, 2.05) is 0 Å². The molecule has 1 aromatic heterocycles. The number of rotatable bonds is 3. The van der Waals surface area contributed by atoms with Crippen molar-refractivity contribution in [3.63, 3.8) is 0 Å². The van der Waals surface area contributed by atoms with Crippen LogP contribution in [-0.4, -0.2) is 46.9 Å². The Morgan fingerprint density at radius 2 is 2.04 bits per heavy atom. The van der Waals surface area contributed by atoms with E-state index in [1.54, 1.807) is 31.4 Å². The average molecular weight is 316 g/mol. The van der Waals surface area contributed by atoms with Crippen molar-refractivity contribution >= 4 is 23.7 Å². The van der Waals surface area contributed by atoms with Gasteiger partial charge >= 0.3 is 6.03 Å². The van der Waals surface area contributed by atoms with Gasteiger partial charge in [-0.3, -0.25) is 19.4 Å². The molecule has 23 heavy (non-hydrogen) atoms. The summed E-state index contributed by atoms with van der Waals surface area (Å²) in [5.41, 5.74) is -0.792. The summed E-state index contributed by atoms with van der Waals surface area (Å²) >= 11 is 0. The predicted molar refractivity (Wildman–Crippen MR) is 83.7 cm³/mol. The van der Waals surface area contributed by atoms with Gasteiger partial charge in [0.25, 0.3) is 5.91 Å². The predicted octanol–water partition coefficient (Wildman–Crippen LogP) is 1.30. The number of hydrogen-bond acceptors (Lipinski definition) is 4. The van der Waals surface area contributed by atoms with E-state index in [0.29, 0.717) is 18.7 Å². The van der Waals surface area contributed by atoms with E-state index in [0.717, 1.165) is 24.2 Å². The fraction of sp³-hybridized carbons (Fsp3) is 0.500. The van der Waals surface area contributed by atoms with Crippen LogP contribution in [0, 0.1) is 0 Å². The normalized spacial score (nSPS) is 19.8. The minimum absolute atomic E-state index is 0.264. The Bertz CT molecular complexity index is 625. The van der Waals surface area contributed by atoms with Crippen molar-refractivity contribution in [3.05, 3.63) is 24.4 Å². The molecule has 4 amide bonds. The minimum Gasteiger partial charge on any atom is -0.323 e. The van der Waals surface area contributed by atoms with Gasteiger partial charge in [0.1, 0.15) is 17.9 Å². The first-order chi connectivity index (χ1) is 11.0. The molecule has 122 valence electrons. The molecule has 3 rings (SSSR count). The molecule has 2 aliphatic rings. The number of urea groups is 1. The summed E-state index contributed by atoms with van der Waals surface area (Å²) in [4.78, 5) is 43.7. The van der Waals surface area contributed by atoms with Gasteiger partial charge in [-0.2, -0.15) is 0 Å². The van der Waals surface area contributed by atoms with Crippen LogP contribution in [0.5, 0.6) is 0 Å². The van der Waals surface area contributed by atoms with Crippen molar-refractivity contribution in [2.24, 2.45) is 0 Å². The summed E-state index contributed by atoms with van der Waals surface area (Å²) in [6.07, 6.45) is 5.80. The molecule has 0 unspecified atom stereocenters. The molecule has 1 aliphatic carbocycles. The molecule has 0 radical (unpaired) electrons. The first-order valence-corrected chi connectivity index (χ1v) is 7.85. The van der Waals surface area contributed by atoms with Crippen LogP contribution in [0.1, 0.15) is 32.1 Å². The van der Waals surface area contributed by atoms with Crippen molar-refractivity contribution in [1.29, 1.82) is 0 Å². The molecule has 1 saturated heterocycles. The molecule has 1 spiro atoms. The lowest BCUT2D eigenvalue weighted by atomic mass is 9.82. The SMILES string of the molecule is CN(C(=O)CN1C(=O)NC2(CCCCC2)C1=O)c1ccccn1. The molecule has 2 fully saturated rings. The summed E-state index contributed by atoms with van der Waals surface area (Å²) in [7, 11) is 1.58. The van der Waals surface area contributed by atoms with Crippen LogP contribution >= 0.6 is 0 Å². The van der Waals surface area contributed by atoms with E-state index in [-0.39, 0.29) is 18.4 Å². The number of pyridine rings is 1. The number of anilines is 1. The van der Waals surface area contributed by atoms with E-state index < -0.39 is 11.6 Å². The summed E-state index contributed by atoms with van der Waals surface area (Å²) in [6, 6.07) is 4.76. The zero-order valence-electron chi connectivity index (χ0n) is 13.1. The fourth-order valence-electron chi connectivity index (χ4n) is 3.24. The highest BCUT2D eigenvalue weighted by Gasteiger charge is 2.51. The van der Waals surface area contributed by atoms with Crippen LogP contribution in [0.15, 0.2) is 24.4 Å². The number of likely N-dealkylation sites (N-methyl/N-ethyl adjacent to an activating group) is 1. The third-order valence-electron chi connectivity index (χ3n) is 4.61. The Balaban J connectivity index is 1.71. The van der Waals surface area contributed by atoms with E-state index in [1.165, 1.54) is 4.90 Å². The number of amides is 4. The summed E-state index contributed by atoms with van der Waals surface area (Å²) in [5.74, 6) is -0.137. The second-order valence-corrected chi connectivity index (χ2v) is 6.10. The number of nitrogens with zero attached hydrogens (tertiary/aromatic N) is 3. The van der Waals surface area contributed by atoms with Crippen molar-refractivity contribution in [2.75, 3.05) is 18.5 Å². The Kier molecular flexibility index (Phi) is 4.02. The van der Waals surface area contributed by atoms with Crippen LogP contribution in [0.2, 0.25) is 0 Å². The van der Waals surface area contributed by atoms with Crippen molar-refractivity contribution in [2.45, 2.75) is 37.6 Å². The molecule has 2 heterocycles. The topological polar surface area (TPSA) is 82.6 Å². The third-order valence-corrected chi connectivity index (χ3v) is 4.61. The smallest absolute Gasteiger partial charge is 0.323 e. The monoisotopic (exact) mass is 316 g/mol. The minimum atomic E-state index is -0.792. The van der Waals surface area contributed by atoms with Crippen LogP contribution < -0.4 is 10.2 Å². The van der Waals surface area contributed by atoms with Gasteiger partial charge in [0.2, 0.25) is 5.91 Å². The highest BCUT2D eigenvalue weighted by molar-refractivity contribution is 6.10. The van der Waals surface area contributed by atoms with Gasteiger partial charge in [-0.25, -0.2) is 9.78 Å². The summed E-state index contributed by atoms with van der Waals surface area (Å²) in [6.45, 7) is -0.264. The van der Waals surface area contributed by atoms with E-state index in [4.69, 9.17) is 0 Å². The van der Waals surface area contributed by atoms with Gasteiger partial charge in [-0.05, 0) is 25.0 Å². The molecule has 1 aliphatic heterocycles. The molecule has 1 saturated carbocycles. The number of imide groups is 1. The summed E-state index contributed by atoms with van der Waals surface area (Å²) < 4.78 is 0. The zero-order valence-corrected chi connectivity index (χ0v) is 13.1. The van der Waals surface area contributed by atoms with Gasteiger partial charge in [-0.1, -0.05) is 25.3 Å². The van der Waals surface area contributed by atoms with Gasteiger partial charge in [-0.15, -0.1) is 0 Å². The van der Waals surface area contributed by atoms with Gasteiger partial charge in [0, 0.05) is 13.2 Å². The van der Waals surface area contributed by atoms with Crippen molar-refractivity contribution in [1.82, 2.24) is 15.2 Å². The lowest BCUT2D eigenvalue weighted by molar-refractivity contribution is -0.135. The van der Waals surface area contributed by atoms with Crippen LogP contribution in [0.3, 0.4) is 0 Å². The van der Waals surface area contributed by atoms with Gasteiger partial charge in [0.15, 0.2) is 0 Å². The van der Waals surface area contributed by atoms with Gasteiger partial charge in [0.05, 0.1) is 0 Å². The van der Waals surface area contributed by atoms with E-state index >= 15 is 0 Å². The molecule has 1 N–H and O–H groups in total. The number of nitrogens with one attached hydrogen (secondary N) is 1. The Morgan fingerprint density at radius 1 is 1.30 bits per heavy atom. The maximum Gasteiger partial charge on any atom is 0.325 e. The highest BCUT2D eigenvalue weighted by Crippen LogP contribution is 2.33. The first kappa shape index (κ1) is 15.5. The standard InChI is InChI=1S/C16H20N4O3/c1-19(12-7-3-6-10-17-12)13(21)11-20-14(22)16(18-15(20)23)8-4-2-5-9-16/h3,6-7,10H,2,4-5,8-9,11H2,1H3,(H,18,23). The second-order valence-electron chi connectivity index (χ2n) is 6.10. The van der Waals surface area contributed by atoms with E-state index in [9.17, 15) is 14.4 Å². The number of carbonyl (C=O) groups excluding carboxylic acids is 3. The molecular formula is C16H20N4O3. The molecule has 7 heteroatoms. The second kappa shape index (κ2) is 5.98.